The van der Waals surface area contributed by atoms with E-state index in [9.17, 15) is 0 Å². The molecule has 0 amide bonds. The molecule has 1 aromatic heterocycles. The molecule has 0 fully saturated rings. The fourth-order valence-corrected chi connectivity index (χ4v) is 1.86. The van der Waals surface area contributed by atoms with Crippen molar-refractivity contribution in [1.82, 2.24) is 4.98 Å². The van der Waals surface area contributed by atoms with Gasteiger partial charge in [-0.2, -0.15) is 0 Å². The molecule has 0 unspecified atom stereocenters. The molecule has 0 N–H and O–H groups in total. The minimum Gasteiger partial charge on any atom is -0.251 e. The lowest BCUT2D eigenvalue weighted by molar-refractivity contribution is 1.13. The Morgan fingerprint density at radius 3 is 2.31 bits per heavy atom. The van der Waals surface area contributed by atoms with Crippen molar-refractivity contribution in [2.45, 2.75) is 19.7 Å². The van der Waals surface area contributed by atoms with Gasteiger partial charge in [-0.05, 0) is 25.5 Å². The summed E-state index contributed by atoms with van der Waals surface area (Å²) in [4.78, 5) is 4.56. The Balaban J connectivity index is 2.44. The molecule has 2 heteroatoms. The van der Waals surface area contributed by atoms with Crippen LogP contribution in [0.5, 0.6) is 0 Å². The van der Waals surface area contributed by atoms with Crippen LogP contribution < -0.4 is 0 Å². The maximum Gasteiger partial charge on any atom is 0.0706 e. The van der Waals surface area contributed by atoms with Gasteiger partial charge in [0.15, 0.2) is 0 Å². The number of aryl methyl sites for hydroxylation is 2. The SMILES string of the molecule is Cc1ccc(-c2ccc(C)c(CCl)n2)cc1. The Hall–Kier alpha value is -1.34. The highest BCUT2D eigenvalue weighted by molar-refractivity contribution is 6.17. The van der Waals surface area contributed by atoms with E-state index in [2.05, 4.69) is 42.2 Å². The molecular weight excluding hydrogens is 218 g/mol. The van der Waals surface area contributed by atoms with E-state index in [1.54, 1.807) is 0 Å². The predicted octanol–water partition coefficient (Wildman–Crippen LogP) is 4.10. The van der Waals surface area contributed by atoms with Crippen molar-refractivity contribution in [2.75, 3.05) is 0 Å². The van der Waals surface area contributed by atoms with Crippen LogP contribution in [0.4, 0.5) is 0 Å². The molecule has 2 rings (SSSR count). The highest BCUT2D eigenvalue weighted by Gasteiger charge is 2.03. The quantitative estimate of drug-likeness (QED) is 0.709. The second kappa shape index (κ2) is 4.67. The first-order valence-corrected chi connectivity index (χ1v) is 5.83. The molecule has 0 aliphatic rings. The Morgan fingerprint density at radius 2 is 1.69 bits per heavy atom. The Bertz CT molecular complexity index is 489. The number of aromatic nitrogens is 1. The predicted molar refractivity (Wildman–Crippen MR) is 68.7 cm³/mol. The lowest BCUT2D eigenvalue weighted by Crippen LogP contribution is -1.93. The van der Waals surface area contributed by atoms with Gasteiger partial charge in [0, 0.05) is 5.56 Å². The summed E-state index contributed by atoms with van der Waals surface area (Å²) < 4.78 is 0. The molecule has 0 spiro atoms. The summed E-state index contributed by atoms with van der Waals surface area (Å²) in [5.74, 6) is 0.464. The third kappa shape index (κ3) is 2.25. The molecule has 82 valence electrons. The van der Waals surface area contributed by atoms with Crippen molar-refractivity contribution in [2.24, 2.45) is 0 Å². The summed E-state index contributed by atoms with van der Waals surface area (Å²) in [5, 5.41) is 0. The first-order valence-electron chi connectivity index (χ1n) is 5.30. The van der Waals surface area contributed by atoms with Gasteiger partial charge in [-0.25, -0.2) is 0 Å². The molecule has 0 saturated heterocycles. The second-order valence-corrected chi connectivity index (χ2v) is 4.23. The van der Waals surface area contributed by atoms with E-state index in [0.29, 0.717) is 5.88 Å². The molecule has 0 radical (unpaired) electrons. The van der Waals surface area contributed by atoms with E-state index in [0.717, 1.165) is 22.5 Å². The van der Waals surface area contributed by atoms with Crippen molar-refractivity contribution < 1.29 is 0 Å². The summed E-state index contributed by atoms with van der Waals surface area (Å²) >= 11 is 5.85. The van der Waals surface area contributed by atoms with Crippen LogP contribution in [-0.2, 0) is 5.88 Å². The van der Waals surface area contributed by atoms with E-state index in [-0.39, 0.29) is 0 Å². The van der Waals surface area contributed by atoms with Gasteiger partial charge in [-0.3, -0.25) is 4.98 Å². The van der Waals surface area contributed by atoms with Crippen LogP contribution >= 0.6 is 11.6 Å². The topological polar surface area (TPSA) is 12.9 Å². The van der Waals surface area contributed by atoms with Gasteiger partial charge < -0.3 is 0 Å². The average molecular weight is 232 g/mol. The van der Waals surface area contributed by atoms with Crippen molar-refractivity contribution in [3.05, 3.63) is 53.2 Å². The Labute approximate surface area is 101 Å². The molecule has 1 aromatic carbocycles. The Kier molecular flexibility index (Phi) is 3.25. The molecule has 16 heavy (non-hydrogen) atoms. The minimum atomic E-state index is 0.464. The first-order chi connectivity index (χ1) is 7.70. The molecule has 0 aliphatic carbocycles. The summed E-state index contributed by atoms with van der Waals surface area (Å²) in [5.41, 5.74) is 5.48. The fraction of sp³-hybridized carbons (Fsp3) is 0.214. The number of pyridine rings is 1. The molecule has 0 atom stereocenters. The van der Waals surface area contributed by atoms with E-state index in [4.69, 9.17) is 11.6 Å². The number of halogens is 1. The third-order valence-corrected chi connectivity index (χ3v) is 2.93. The maximum absolute atomic E-state index is 5.85. The highest BCUT2D eigenvalue weighted by atomic mass is 35.5. The fourth-order valence-electron chi connectivity index (χ4n) is 1.59. The van der Waals surface area contributed by atoms with Crippen molar-refractivity contribution in [1.29, 1.82) is 0 Å². The van der Waals surface area contributed by atoms with Gasteiger partial charge in [0.05, 0.1) is 17.3 Å². The zero-order valence-electron chi connectivity index (χ0n) is 9.50. The molecular formula is C14H14ClN. The largest absolute Gasteiger partial charge is 0.251 e. The van der Waals surface area contributed by atoms with Crippen LogP contribution in [0.25, 0.3) is 11.3 Å². The standard InChI is InChI=1S/C14H14ClN/c1-10-3-6-12(7-4-10)13-8-5-11(2)14(9-15)16-13/h3-8H,9H2,1-2H3. The monoisotopic (exact) mass is 231 g/mol. The van der Waals surface area contributed by atoms with Crippen LogP contribution in [-0.4, -0.2) is 4.98 Å². The van der Waals surface area contributed by atoms with E-state index in [1.165, 1.54) is 5.56 Å². The lowest BCUT2D eigenvalue weighted by atomic mass is 10.1. The molecule has 0 saturated carbocycles. The minimum absolute atomic E-state index is 0.464. The molecule has 1 nitrogen and oxygen atoms in total. The summed E-state index contributed by atoms with van der Waals surface area (Å²) in [6.07, 6.45) is 0. The normalized spacial score (nSPS) is 10.4. The Morgan fingerprint density at radius 1 is 1.00 bits per heavy atom. The van der Waals surface area contributed by atoms with Crippen LogP contribution in [0.15, 0.2) is 36.4 Å². The number of hydrogen-bond acceptors (Lipinski definition) is 1. The van der Waals surface area contributed by atoms with Crippen LogP contribution in [0.1, 0.15) is 16.8 Å². The molecule has 1 heterocycles. The zero-order valence-corrected chi connectivity index (χ0v) is 10.3. The molecule has 2 aromatic rings. The summed E-state index contributed by atoms with van der Waals surface area (Å²) in [6.45, 7) is 4.11. The summed E-state index contributed by atoms with van der Waals surface area (Å²) in [6, 6.07) is 12.5. The van der Waals surface area contributed by atoms with E-state index >= 15 is 0 Å². The van der Waals surface area contributed by atoms with Gasteiger partial charge >= 0.3 is 0 Å². The van der Waals surface area contributed by atoms with Gasteiger partial charge in [-0.15, -0.1) is 11.6 Å². The molecule has 0 aliphatic heterocycles. The number of hydrogen-bond donors (Lipinski definition) is 0. The smallest absolute Gasteiger partial charge is 0.0706 e. The van der Waals surface area contributed by atoms with E-state index in [1.807, 2.05) is 13.0 Å². The van der Waals surface area contributed by atoms with Gasteiger partial charge in [0.25, 0.3) is 0 Å². The number of benzene rings is 1. The van der Waals surface area contributed by atoms with Gasteiger partial charge in [0.1, 0.15) is 0 Å². The van der Waals surface area contributed by atoms with Crippen molar-refractivity contribution in [3.8, 4) is 11.3 Å². The second-order valence-electron chi connectivity index (χ2n) is 3.96. The molecule has 0 bridgehead atoms. The number of rotatable bonds is 2. The summed E-state index contributed by atoms with van der Waals surface area (Å²) in [7, 11) is 0. The third-order valence-electron chi connectivity index (χ3n) is 2.68. The van der Waals surface area contributed by atoms with Crippen LogP contribution in [0, 0.1) is 13.8 Å². The number of nitrogens with zero attached hydrogens (tertiary/aromatic N) is 1. The van der Waals surface area contributed by atoms with Gasteiger partial charge in [-0.1, -0.05) is 35.9 Å². The van der Waals surface area contributed by atoms with E-state index < -0.39 is 0 Å². The van der Waals surface area contributed by atoms with Gasteiger partial charge in [0.2, 0.25) is 0 Å². The van der Waals surface area contributed by atoms with Crippen molar-refractivity contribution >= 4 is 11.6 Å². The lowest BCUT2D eigenvalue weighted by Gasteiger charge is -2.06. The maximum atomic E-state index is 5.85. The highest BCUT2D eigenvalue weighted by Crippen LogP contribution is 2.20. The van der Waals surface area contributed by atoms with Crippen molar-refractivity contribution in [3.63, 3.8) is 0 Å². The zero-order chi connectivity index (χ0) is 11.5. The number of alkyl halides is 1. The van der Waals surface area contributed by atoms with Crippen LogP contribution in [0.2, 0.25) is 0 Å². The average Bonchev–Trinajstić information content (AvgIpc) is 2.31. The first kappa shape index (κ1) is 11.2. The van der Waals surface area contributed by atoms with Crippen LogP contribution in [0.3, 0.4) is 0 Å².